The summed E-state index contributed by atoms with van der Waals surface area (Å²) < 4.78 is 32.9. The van der Waals surface area contributed by atoms with E-state index in [9.17, 15) is 18.0 Å². The van der Waals surface area contributed by atoms with Gasteiger partial charge in [0.1, 0.15) is 0 Å². The van der Waals surface area contributed by atoms with Crippen molar-refractivity contribution in [1.29, 1.82) is 0 Å². The van der Waals surface area contributed by atoms with Crippen LogP contribution in [0.15, 0.2) is 66.1 Å². The molecule has 0 heterocycles. The highest BCUT2D eigenvalue weighted by molar-refractivity contribution is 7.92. The van der Waals surface area contributed by atoms with Crippen LogP contribution in [0, 0.1) is 0 Å². The van der Waals surface area contributed by atoms with E-state index in [2.05, 4.69) is 11.9 Å². The normalized spacial score (nSPS) is 14.3. The number of halogens is 1. The van der Waals surface area contributed by atoms with E-state index < -0.39 is 28.5 Å². The van der Waals surface area contributed by atoms with Gasteiger partial charge in [-0.25, -0.2) is 13.2 Å². The fraction of sp³-hybridized carbons (Fsp3) is 0.333. The Morgan fingerprint density at radius 1 is 1.12 bits per heavy atom. The second-order valence-corrected chi connectivity index (χ2v) is 10.1. The molecule has 2 aromatic carbocycles. The summed E-state index contributed by atoms with van der Waals surface area (Å²) in [5, 5.41) is 2.89. The highest BCUT2D eigenvalue weighted by atomic mass is 35.5. The molecular weight excluding hydrogens is 464 g/mol. The van der Waals surface area contributed by atoms with E-state index >= 15 is 0 Å². The lowest BCUT2D eigenvalue weighted by molar-refractivity contribution is -0.125. The number of sulfonamides is 1. The molecule has 176 valence electrons. The van der Waals surface area contributed by atoms with Gasteiger partial charge in [-0.3, -0.25) is 9.10 Å². The molecule has 1 N–H and O–H groups in total. The zero-order valence-electron chi connectivity index (χ0n) is 18.2. The lowest BCUT2D eigenvalue weighted by Gasteiger charge is -2.23. The maximum atomic E-state index is 13.3. The SMILES string of the molecule is C=CCN(c1ccccc1)S(=O)(=O)c1ccc(Cl)c(C(=O)OCC(=O)NC2CCCCC2)c1. The van der Waals surface area contributed by atoms with Crippen molar-refractivity contribution in [2.45, 2.75) is 43.0 Å². The van der Waals surface area contributed by atoms with Gasteiger partial charge in [-0.1, -0.05) is 55.1 Å². The number of amides is 1. The fourth-order valence-electron chi connectivity index (χ4n) is 3.73. The summed E-state index contributed by atoms with van der Waals surface area (Å²) in [6, 6.07) is 12.5. The summed E-state index contributed by atoms with van der Waals surface area (Å²) in [5.74, 6) is -1.26. The van der Waals surface area contributed by atoms with Crippen molar-refractivity contribution in [3.63, 3.8) is 0 Å². The maximum absolute atomic E-state index is 13.3. The van der Waals surface area contributed by atoms with Crippen LogP contribution in [-0.4, -0.2) is 39.5 Å². The number of ether oxygens (including phenoxy) is 1. The van der Waals surface area contributed by atoms with Crippen LogP contribution >= 0.6 is 11.6 Å². The standard InChI is InChI=1S/C24H27ClN2O5S/c1-2-15-27(19-11-7-4-8-12-19)33(30,31)20-13-14-22(25)21(16-20)24(29)32-17-23(28)26-18-9-5-3-6-10-18/h2,4,7-8,11-14,16,18H,1,3,5-6,9-10,15,17H2,(H,26,28). The first-order valence-electron chi connectivity index (χ1n) is 10.8. The van der Waals surface area contributed by atoms with Gasteiger partial charge in [-0.2, -0.15) is 0 Å². The molecule has 2 aromatic rings. The van der Waals surface area contributed by atoms with Gasteiger partial charge in [0, 0.05) is 6.04 Å². The number of nitrogens with zero attached hydrogens (tertiary/aromatic N) is 1. The molecule has 1 amide bonds. The Labute approximate surface area is 199 Å². The van der Waals surface area contributed by atoms with Crippen LogP contribution < -0.4 is 9.62 Å². The molecule has 9 heteroatoms. The number of benzene rings is 2. The zero-order chi connectivity index (χ0) is 23.8. The van der Waals surface area contributed by atoms with Crippen LogP contribution in [0.5, 0.6) is 0 Å². The first-order chi connectivity index (χ1) is 15.8. The minimum atomic E-state index is -4.02. The van der Waals surface area contributed by atoms with Crippen LogP contribution in [0.2, 0.25) is 5.02 Å². The average Bonchev–Trinajstić information content (AvgIpc) is 2.82. The predicted molar refractivity (Wildman–Crippen MR) is 128 cm³/mol. The second-order valence-electron chi connectivity index (χ2n) is 7.78. The molecule has 1 aliphatic rings. The zero-order valence-corrected chi connectivity index (χ0v) is 19.8. The number of carbonyl (C=O) groups excluding carboxylic acids is 2. The molecule has 33 heavy (non-hydrogen) atoms. The predicted octanol–water partition coefficient (Wildman–Crippen LogP) is 4.33. The summed E-state index contributed by atoms with van der Waals surface area (Å²) >= 11 is 6.14. The van der Waals surface area contributed by atoms with Crippen LogP contribution in [0.25, 0.3) is 0 Å². The Balaban J connectivity index is 1.75. The van der Waals surface area contributed by atoms with Crippen LogP contribution in [0.1, 0.15) is 42.5 Å². The largest absolute Gasteiger partial charge is 0.452 e. The van der Waals surface area contributed by atoms with E-state index in [1.807, 2.05) is 0 Å². The lowest BCUT2D eigenvalue weighted by Crippen LogP contribution is -2.38. The van der Waals surface area contributed by atoms with E-state index in [0.717, 1.165) is 38.2 Å². The second kappa shape index (κ2) is 11.3. The van der Waals surface area contributed by atoms with Crippen molar-refractivity contribution in [3.8, 4) is 0 Å². The molecule has 3 rings (SSSR count). The summed E-state index contributed by atoms with van der Waals surface area (Å²) in [4.78, 5) is 24.6. The van der Waals surface area contributed by atoms with Crippen molar-refractivity contribution in [2.24, 2.45) is 0 Å². The van der Waals surface area contributed by atoms with Crippen LogP contribution in [0.4, 0.5) is 5.69 Å². The van der Waals surface area contributed by atoms with E-state index in [4.69, 9.17) is 16.3 Å². The molecule has 0 radical (unpaired) electrons. The number of esters is 1. The molecule has 7 nitrogen and oxygen atoms in total. The summed E-state index contributed by atoms with van der Waals surface area (Å²) in [7, 11) is -4.02. The quantitative estimate of drug-likeness (QED) is 0.417. The summed E-state index contributed by atoms with van der Waals surface area (Å²) in [5.41, 5.74) is 0.325. The molecule has 1 fully saturated rings. The van der Waals surface area contributed by atoms with E-state index in [1.54, 1.807) is 30.3 Å². The van der Waals surface area contributed by atoms with Gasteiger partial charge in [0.15, 0.2) is 6.61 Å². The van der Waals surface area contributed by atoms with Crippen molar-refractivity contribution < 1.29 is 22.7 Å². The highest BCUT2D eigenvalue weighted by Crippen LogP contribution is 2.27. The Bertz CT molecular complexity index is 1100. The van der Waals surface area contributed by atoms with Crippen molar-refractivity contribution in [1.82, 2.24) is 5.32 Å². The number of para-hydroxylation sites is 1. The number of nitrogens with one attached hydrogen (secondary N) is 1. The summed E-state index contributed by atoms with van der Waals surface area (Å²) in [6.45, 7) is 3.21. The van der Waals surface area contributed by atoms with E-state index in [-0.39, 0.29) is 28.1 Å². The molecule has 0 saturated heterocycles. The summed E-state index contributed by atoms with van der Waals surface area (Å²) in [6.07, 6.45) is 6.58. The van der Waals surface area contributed by atoms with Gasteiger partial charge in [0.25, 0.3) is 15.9 Å². The molecule has 0 spiro atoms. The van der Waals surface area contributed by atoms with Gasteiger partial charge >= 0.3 is 5.97 Å². The van der Waals surface area contributed by atoms with Gasteiger partial charge < -0.3 is 10.1 Å². The molecule has 0 bridgehead atoms. The number of hydrogen-bond acceptors (Lipinski definition) is 5. The van der Waals surface area contributed by atoms with Gasteiger partial charge in [-0.05, 0) is 43.2 Å². The smallest absolute Gasteiger partial charge is 0.340 e. The van der Waals surface area contributed by atoms with E-state index in [0.29, 0.717) is 5.69 Å². The number of hydrogen-bond donors (Lipinski definition) is 1. The molecule has 1 aliphatic carbocycles. The van der Waals surface area contributed by atoms with Crippen molar-refractivity contribution in [2.75, 3.05) is 17.5 Å². The average molecular weight is 491 g/mol. The number of carbonyl (C=O) groups is 2. The Morgan fingerprint density at radius 2 is 1.82 bits per heavy atom. The van der Waals surface area contributed by atoms with Gasteiger partial charge in [-0.15, -0.1) is 6.58 Å². The van der Waals surface area contributed by atoms with Crippen LogP contribution in [-0.2, 0) is 19.6 Å². The minimum absolute atomic E-state index is 0.0293. The molecular formula is C24H27ClN2O5S. The van der Waals surface area contributed by atoms with Crippen molar-refractivity contribution >= 4 is 39.2 Å². The maximum Gasteiger partial charge on any atom is 0.340 e. The van der Waals surface area contributed by atoms with Crippen LogP contribution in [0.3, 0.4) is 0 Å². The Kier molecular flexibility index (Phi) is 8.52. The molecule has 0 atom stereocenters. The van der Waals surface area contributed by atoms with E-state index in [1.165, 1.54) is 22.5 Å². The van der Waals surface area contributed by atoms with Crippen molar-refractivity contribution in [3.05, 3.63) is 71.8 Å². The number of anilines is 1. The monoisotopic (exact) mass is 490 g/mol. The molecule has 0 aromatic heterocycles. The third kappa shape index (κ3) is 6.36. The third-order valence-electron chi connectivity index (χ3n) is 5.39. The topological polar surface area (TPSA) is 92.8 Å². The lowest BCUT2D eigenvalue weighted by atomic mass is 9.95. The molecule has 0 aliphatic heterocycles. The first kappa shape index (κ1) is 24.8. The fourth-order valence-corrected chi connectivity index (χ4v) is 5.38. The first-order valence-corrected chi connectivity index (χ1v) is 12.6. The van der Waals surface area contributed by atoms with Gasteiger partial charge in [0.05, 0.1) is 27.7 Å². The Hall–Kier alpha value is -2.84. The molecule has 0 unspecified atom stereocenters. The Morgan fingerprint density at radius 3 is 2.48 bits per heavy atom. The third-order valence-corrected chi connectivity index (χ3v) is 7.51. The molecule has 1 saturated carbocycles. The highest BCUT2D eigenvalue weighted by Gasteiger charge is 2.26. The van der Waals surface area contributed by atoms with Gasteiger partial charge in [0.2, 0.25) is 0 Å². The minimum Gasteiger partial charge on any atom is -0.452 e. The number of rotatable bonds is 9.